The summed E-state index contributed by atoms with van der Waals surface area (Å²) in [7, 11) is 3.56. The molecule has 0 radical (unpaired) electrons. The molecule has 0 saturated carbocycles. The van der Waals surface area contributed by atoms with Crippen LogP contribution in [0.5, 0.6) is 0 Å². The number of nitrogen functional groups attached to an aromatic ring is 1. The lowest BCUT2D eigenvalue weighted by atomic mass is 10.3. The molecule has 0 atom stereocenters. The Kier molecular flexibility index (Phi) is 4.08. The van der Waals surface area contributed by atoms with E-state index in [4.69, 9.17) is 5.73 Å². The minimum atomic E-state index is 0.407. The Morgan fingerprint density at radius 3 is 2.80 bits per heavy atom. The molecule has 0 fully saturated rings. The number of nitrogens with zero attached hydrogens (tertiary/aromatic N) is 4. The summed E-state index contributed by atoms with van der Waals surface area (Å²) in [6.07, 6.45) is 2.17. The van der Waals surface area contributed by atoms with Gasteiger partial charge in [0, 0.05) is 20.6 Å². The summed E-state index contributed by atoms with van der Waals surface area (Å²) >= 11 is 0. The largest absolute Gasteiger partial charge is 0.369 e. The van der Waals surface area contributed by atoms with E-state index >= 15 is 0 Å². The van der Waals surface area contributed by atoms with Crippen molar-refractivity contribution in [3.8, 4) is 0 Å². The molecule has 0 amide bonds. The van der Waals surface area contributed by atoms with Gasteiger partial charge < -0.3 is 11.1 Å². The number of nitrogens with one attached hydrogen (secondary N) is 1. The highest BCUT2D eigenvalue weighted by Crippen LogP contribution is 1.95. The summed E-state index contributed by atoms with van der Waals surface area (Å²) < 4.78 is 1.68. The van der Waals surface area contributed by atoms with Gasteiger partial charge in [0.05, 0.1) is 0 Å². The van der Waals surface area contributed by atoms with Crippen LogP contribution in [0.3, 0.4) is 0 Å². The van der Waals surface area contributed by atoms with Gasteiger partial charge in [-0.2, -0.15) is 9.97 Å². The maximum atomic E-state index is 5.71. The van der Waals surface area contributed by atoms with Crippen molar-refractivity contribution in [2.75, 3.05) is 24.6 Å². The monoisotopic (exact) mass is 210 g/mol. The SMILES string of the molecule is CCCCN=c1nc(NC)nc(N)n1C. The molecule has 0 aliphatic carbocycles. The molecular weight excluding hydrogens is 192 g/mol. The van der Waals surface area contributed by atoms with E-state index in [1.807, 2.05) is 0 Å². The summed E-state index contributed by atoms with van der Waals surface area (Å²) in [4.78, 5) is 12.6. The second kappa shape index (κ2) is 5.33. The van der Waals surface area contributed by atoms with Crippen LogP contribution in [0.25, 0.3) is 0 Å². The lowest BCUT2D eigenvalue weighted by Crippen LogP contribution is -2.27. The van der Waals surface area contributed by atoms with Crippen LogP contribution in [-0.2, 0) is 7.05 Å². The molecule has 15 heavy (non-hydrogen) atoms. The van der Waals surface area contributed by atoms with Gasteiger partial charge in [0.15, 0.2) is 0 Å². The fourth-order valence-electron chi connectivity index (χ4n) is 1.07. The second-order valence-electron chi connectivity index (χ2n) is 3.25. The van der Waals surface area contributed by atoms with Gasteiger partial charge >= 0.3 is 0 Å². The van der Waals surface area contributed by atoms with Crippen molar-refractivity contribution < 1.29 is 0 Å². The summed E-state index contributed by atoms with van der Waals surface area (Å²) in [5.74, 6) is 0.908. The van der Waals surface area contributed by atoms with E-state index in [9.17, 15) is 0 Å². The van der Waals surface area contributed by atoms with E-state index in [1.165, 1.54) is 0 Å². The van der Waals surface area contributed by atoms with Crippen LogP contribution in [0.4, 0.5) is 11.9 Å². The first-order chi connectivity index (χ1) is 7.19. The van der Waals surface area contributed by atoms with Gasteiger partial charge in [0.2, 0.25) is 17.5 Å². The maximum Gasteiger partial charge on any atom is 0.230 e. The molecule has 84 valence electrons. The molecule has 1 aromatic heterocycles. The Morgan fingerprint density at radius 2 is 2.20 bits per heavy atom. The first kappa shape index (κ1) is 11.5. The quantitative estimate of drug-likeness (QED) is 0.693. The van der Waals surface area contributed by atoms with E-state index in [2.05, 4.69) is 27.2 Å². The van der Waals surface area contributed by atoms with E-state index in [0.717, 1.165) is 19.4 Å². The fourth-order valence-corrected chi connectivity index (χ4v) is 1.07. The molecule has 1 heterocycles. The van der Waals surface area contributed by atoms with Gasteiger partial charge in [-0.15, -0.1) is 0 Å². The molecule has 0 unspecified atom stereocenters. The molecule has 0 aliphatic rings. The van der Waals surface area contributed by atoms with Crippen molar-refractivity contribution in [3.05, 3.63) is 5.62 Å². The van der Waals surface area contributed by atoms with Crippen LogP contribution in [0.2, 0.25) is 0 Å². The van der Waals surface area contributed by atoms with Crippen LogP contribution in [0, 0.1) is 0 Å². The highest BCUT2D eigenvalue weighted by Gasteiger charge is 2.00. The lowest BCUT2D eigenvalue weighted by Gasteiger charge is -2.05. The number of unbranched alkanes of at least 4 members (excludes halogenated alkanes) is 1. The van der Waals surface area contributed by atoms with Crippen molar-refractivity contribution in [1.82, 2.24) is 14.5 Å². The van der Waals surface area contributed by atoms with Crippen molar-refractivity contribution >= 4 is 11.9 Å². The molecule has 0 spiro atoms. The zero-order valence-electron chi connectivity index (χ0n) is 9.49. The molecule has 0 aliphatic heterocycles. The smallest absolute Gasteiger partial charge is 0.230 e. The van der Waals surface area contributed by atoms with Crippen LogP contribution >= 0.6 is 0 Å². The van der Waals surface area contributed by atoms with Crippen LogP contribution < -0.4 is 16.7 Å². The normalized spacial score (nSPS) is 11.8. The Labute approximate surface area is 89.3 Å². The Bertz CT molecular complexity index is 381. The van der Waals surface area contributed by atoms with Gasteiger partial charge in [-0.3, -0.25) is 9.56 Å². The van der Waals surface area contributed by atoms with Crippen molar-refractivity contribution in [2.24, 2.45) is 12.0 Å². The van der Waals surface area contributed by atoms with Gasteiger partial charge in [-0.1, -0.05) is 13.3 Å². The molecule has 6 heteroatoms. The number of aromatic nitrogens is 3. The van der Waals surface area contributed by atoms with Gasteiger partial charge in [-0.05, 0) is 6.42 Å². The molecule has 0 bridgehead atoms. The third-order valence-corrected chi connectivity index (χ3v) is 2.06. The Balaban J connectivity index is 3.04. The average molecular weight is 210 g/mol. The minimum Gasteiger partial charge on any atom is -0.369 e. The highest BCUT2D eigenvalue weighted by molar-refractivity contribution is 5.28. The van der Waals surface area contributed by atoms with E-state index in [1.54, 1.807) is 18.7 Å². The van der Waals surface area contributed by atoms with Gasteiger partial charge in [-0.25, -0.2) is 0 Å². The zero-order chi connectivity index (χ0) is 11.3. The number of rotatable bonds is 4. The molecule has 3 N–H and O–H groups in total. The van der Waals surface area contributed by atoms with E-state index in [-0.39, 0.29) is 0 Å². The van der Waals surface area contributed by atoms with Gasteiger partial charge in [0.25, 0.3) is 0 Å². The van der Waals surface area contributed by atoms with Gasteiger partial charge in [0.1, 0.15) is 0 Å². The molecule has 1 rings (SSSR count). The minimum absolute atomic E-state index is 0.407. The maximum absolute atomic E-state index is 5.71. The van der Waals surface area contributed by atoms with Crippen LogP contribution in [0.15, 0.2) is 4.99 Å². The summed E-state index contributed by atoms with van der Waals surface area (Å²) in [6.45, 7) is 2.90. The number of nitrogens with two attached hydrogens (primary N) is 1. The third kappa shape index (κ3) is 2.93. The van der Waals surface area contributed by atoms with Crippen molar-refractivity contribution in [1.29, 1.82) is 0 Å². The molecule has 1 aromatic rings. The molecule has 6 nitrogen and oxygen atoms in total. The van der Waals surface area contributed by atoms with E-state index in [0.29, 0.717) is 17.5 Å². The van der Waals surface area contributed by atoms with Crippen LogP contribution in [0.1, 0.15) is 19.8 Å². The molecular formula is C9H18N6. The lowest BCUT2D eigenvalue weighted by molar-refractivity contribution is 0.714. The zero-order valence-corrected chi connectivity index (χ0v) is 9.49. The van der Waals surface area contributed by atoms with Crippen molar-refractivity contribution in [2.45, 2.75) is 19.8 Å². The summed E-state index contributed by atoms with van der Waals surface area (Å²) in [5, 5.41) is 2.85. The van der Waals surface area contributed by atoms with E-state index < -0.39 is 0 Å². The second-order valence-corrected chi connectivity index (χ2v) is 3.25. The summed E-state index contributed by atoms with van der Waals surface area (Å²) in [6, 6.07) is 0. The Hall–Kier alpha value is -1.59. The third-order valence-electron chi connectivity index (χ3n) is 2.06. The fraction of sp³-hybridized carbons (Fsp3) is 0.667. The number of hydrogen-bond acceptors (Lipinski definition) is 5. The van der Waals surface area contributed by atoms with Crippen molar-refractivity contribution in [3.63, 3.8) is 0 Å². The average Bonchev–Trinajstić information content (AvgIpc) is 2.24. The first-order valence-corrected chi connectivity index (χ1v) is 5.07. The predicted octanol–water partition coefficient (Wildman–Crippen LogP) is 0.140. The Morgan fingerprint density at radius 1 is 1.47 bits per heavy atom. The molecule has 0 aromatic carbocycles. The van der Waals surface area contributed by atoms with Crippen LogP contribution in [-0.4, -0.2) is 28.1 Å². The predicted molar refractivity (Wildman–Crippen MR) is 60.3 cm³/mol. The number of anilines is 2. The number of hydrogen-bond donors (Lipinski definition) is 2. The topological polar surface area (TPSA) is 81.1 Å². The first-order valence-electron chi connectivity index (χ1n) is 5.07. The summed E-state index contributed by atoms with van der Waals surface area (Å²) in [5.41, 5.74) is 6.32. The highest BCUT2D eigenvalue weighted by atomic mass is 15.2. The standard InChI is InChI=1S/C9H18N6/c1-4-5-6-12-9-14-8(11-2)13-7(10)15(9)3/h4-6H2,1-3H3,(H3,10,11,12,13,14). The molecule has 0 saturated heterocycles.